The molecule has 1 heterocycles. The maximum absolute atomic E-state index is 14.6. The Morgan fingerprint density at radius 2 is 1.83 bits per heavy atom. The summed E-state index contributed by atoms with van der Waals surface area (Å²) in [6, 6.07) is 10.4. The molecule has 0 bridgehead atoms. The molecule has 0 spiro atoms. The number of carbonyl (C=O) groups excluding carboxylic acids is 1. The van der Waals surface area contributed by atoms with Crippen LogP contribution in [0.1, 0.15) is 49.8 Å². The predicted molar refractivity (Wildman–Crippen MR) is 113 cm³/mol. The van der Waals surface area contributed by atoms with Gasteiger partial charge in [-0.3, -0.25) is 4.79 Å². The number of rotatable bonds is 6. The van der Waals surface area contributed by atoms with E-state index in [9.17, 15) is 9.18 Å². The van der Waals surface area contributed by atoms with Crippen molar-refractivity contribution < 1.29 is 18.7 Å². The lowest BCUT2D eigenvalue weighted by Crippen LogP contribution is -2.45. The first-order valence-corrected chi connectivity index (χ1v) is 10.3. The maximum Gasteiger partial charge on any atom is 0.235 e. The molecule has 1 aliphatic heterocycles. The molecular formula is C24H30FNO3. The zero-order chi connectivity index (χ0) is 21.0. The van der Waals surface area contributed by atoms with Gasteiger partial charge in [0.2, 0.25) is 5.91 Å². The van der Waals surface area contributed by atoms with E-state index in [4.69, 9.17) is 9.47 Å². The molecule has 0 saturated carbocycles. The molecular weight excluding hydrogens is 369 g/mol. The maximum atomic E-state index is 14.6. The van der Waals surface area contributed by atoms with E-state index in [2.05, 4.69) is 12.2 Å². The van der Waals surface area contributed by atoms with Crippen LogP contribution in [0.4, 0.5) is 10.1 Å². The smallest absolute Gasteiger partial charge is 0.235 e. The Bertz CT molecular complexity index is 851. The summed E-state index contributed by atoms with van der Waals surface area (Å²) in [4.78, 5) is 13.4. The highest BCUT2D eigenvalue weighted by Gasteiger charge is 2.43. The van der Waals surface area contributed by atoms with Crippen LogP contribution in [-0.2, 0) is 14.9 Å². The number of nitrogens with one attached hydrogen (secondary N) is 1. The van der Waals surface area contributed by atoms with E-state index in [0.29, 0.717) is 37.3 Å². The average Bonchev–Trinajstić information content (AvgIpc) is 2.71. The van der Waals surface area contributed by atoms with Gasteiger partial charge >= 0.3 is 0 Å². The summed E-state index contributed by atoms with van der Waals surface area (Å²) in [6.45, 7) is 8.93. The van der Waals surface area contributed by atoms with Crippen LogP contribution < -0.4 is 10.1 Å². The average molecular weight is 400 g/mol. The molecule has 156 valence electrons. The summed E-state index contributed by atoms with van der Waals surface area (Å²) in [5.41, 5.74) is 2.13. The fourth-order valence-electron chi connectivity index (χ4n) is 3.93. The van der Waals surface area contributed by atoms with Crippen molar-refractivity contribution in [1.29, 1.82) is 0 Å². The summed E-state index contributed by atoms with van der Waals surface area (Å²) in [5.74, 6) is 0.307. The number of benzene rings is 2. The number of hydrogen-bond acceptors (Lipinski definition) is 3. The van der Waals surface area contributed by atoms with Crippen LogP contribution in [0.2, 0.25) is 0 Å². The van der Waals surface area contributed by atoms with Crippen molar-refractivity contribution in [2.75, 3.05) is 18.5 Å². The van der Waals surface area contributed by atoms with Gasteiger partial charge in [0, 0.05) is 24.5 Å². The first kappa shape index (κ1) is 21.3. The van der Waals surface area contributed by atoms with Crippen molar-refractivity contribution in [1.82, 2.24) is 0 Å². The number of ether oxygens (including phenoxy) is 2. The quantitative estimate of drug-likeness (QED) is 0.716. The fourth-order valence-corrected chi connectivity index (χ4v) is 3.93. The van der Waals surface area contributed by atoms with Crippen molar-refractivity contribution in [2.24, 2.45) is 0 Å². The second-order valence-corrected chi connectivity index (χ2v) is 7.90. The zero-order valence-electron chi connectivity index (χ0n) is 17.7. The van der Waals surface area contributed by atoms with E-state index in [1.807, 2.05) is 32.9 Å². The molecule has 0 aliphatic carbocycles. The fraction of sp³-hybridized carbons (Fsp3) is 0.458. The lowest BCUT2D eigenvalue weighted by molar-refractivity contribution is -0.125. The van der Waals surface area contributed by atoms with Gasteiger partial charge in [-0.15, -0.1) is 0 Å². The van der Waals surface area contributed by atoms with Crippen molar-refractivity contribution >= 4 is 11.6 Å². The molecule has 0 aromatic heterocycles. The van der Waals surface area contributed by atoms with E-state index in [1.54, 1.807) is 18.2 Å². The summed E-state index contributed by atoms with van der Waals surface area (Å²) >= 11 is 0. The Labute approximate surface area is 172 Å². The van der Waals surface area contributed by atoms with E-state index in [-0.39, 0.29) is 17.8 Å². The molecule has 1 aliphatic rings. The second kappa shape index (κ2) is 8.95. The molecule has 1 amide bonds. The highest BCUT2D eigenvalue weighted by Crippen LogP contribution is 2.38. The van der Waals surface area contributed by atoms with Crippen LogP contribution in [0.3, 0.4) is 0 Å². The molecule has 3 rings (SSSR count). The van der Waals surface area contributed by atoms with E-state index in [0.717, 1.165) is 23.3 Å². The minimum atomic E-state index is -0.933. The molecule has 2 aromatic rings. The number of amides is 1. The molecule has 4 nitrogen and oxygen atoms in total. The van der Waals surface area contributed by atoms with Crippen molar-refractivity contribution in [2.45, 2.75) is 58.5 Å². The second-order valence-electron chi connectivity index (χ2n) is 7.90. The summed E-state index contributed by atoms with van der Waals surface area (Å²) in [7, 11) is 0. The monoisotopic (exact) mass is 399 g/mol. The number of hydrogen-bond donors (Lipinski definition) is 1. The number of aryl methyl sites for hydroxylation is 2. The van der Waals surface area contributed by atoms with Gasteiger partial charge in [0.15, 0.2) is 0 Å². The van der Waals surface area contributed by atoms with Gasteiger partial charge in [0.1, 0.15) is 11.6 Å². The van der Waals surface area contributed by atoms with Crippen molar-refractivity contribution in [3.63, 3.8) is 0 Å². The number of carbonyl (C=O) groups is 1. The highest BCUT2D eigenvalue weighted by atomic mass is 19.1. The highest BCUT2D eigenvalue weighted by molar-refractivity contribution is 5.99. The van der Waals surface area contributed by atoms with E-state index >= 15 is 0 Å². The Balaban J connectivity index is 1.90. The third kappa shape index (κ3) is 4.45. The van der Waals surface area contributed by atoms with E-state index in [1.165, 1.54) is 6.07 Å². The van der Waals surface area contributed by atoms with Gasteiger partial charge in [-0.25, -0.2) is 4.39 Å². The van der Waals surface area contributed by atoms with Gasteiger partial charge < -0.3 is 14.8 Å². The van der Waals surface area contributed by atoms with Crippen LogP contribution in [0.15, 0.2) is 36.4 Å². The number of anilines is 1. The molecule has 1 fully saturated rings. The van der Waals surface area contributed by atoms with Crippen LogP contribution in [0.25, 0.3) is 0 Å². The van der Waals surface area contributed by atoms with Crippen LogP contribution in [-0.4, -0.2) is 25.2 Å². The Kier molecular flexibility index (Phi) is 6.58. The van der Waals surface area contributed by atoms with Gasteiger partial charge in [0.25, 0.3) is 0 Å². The normalized spacial score (nSPS) is 16.9. The molecule has 5 heteroatoms. The third-order valence-electron chi connectivity index (χ3n) is 5.78. The standard InChI is InChI=1S/C24H30FNO3/c1-5-18(4)29-22-16(2)14-19(15-17(22)3)26-23(27)24(10-12-28-13-11-24)20-8-6-7-9-21(20)25/h6-9,14-15,18H,5,10-13H2,1-4H3,(H,26,27)/t18-/m1/s1. The first-order valence-electron chi connectivity index (χ1n) is 10.3. The van der Waals surface area contributed by atoms with Crippen LogP contribution in [0, 0.1) is 19.7 Å². The lowest BCUT2D eigenvalue weighted by Gasteiger charge is -2.36. The van der Waals surface area contributed by atoms with Gasteiger partial charge in [-0.05, 0) is 69.4 Å². The first-order chi connectivity index (χ1) is 13.9. The molecule has 1 saturated heterocycles. The van der Waals surface area contributed by atoms with Crippen LogP contribution >= 0.6 is 0 Å². The largest absolute Gasteiger partial charge is 0.490 e. The van der Waals surface area contributed by atoms with Crippen LogP contribution in [0.5, 0.6) is 5.75 Å². The summed E-state index contributed by atoms with van der Waals surface area (Å²) in [6.07, 6.45) is 1.95. The Hall–Kier alpha value is -2.40. The molecule has 0 radical (unpaired) electrons. The molecule has 1 N–H and O–H groups in total. The van der Waals surface area contributed by atoms with Gasteiger partial charge in [-0.2, -0.15) is 0 Å². The van der Waals surface area contributed by atoms with Gasteiger partial charge in [-0.1, -0.05) is 25.1 Å². The lowest BCUT2D eigenvalue weighted by atomic mass is 9.73. The molecule has 2 aromatic carbocycles. The summed E-state index contributed by atoms with van der Waals surface area (Å²) < 4.78 is 26.1. The minimum Gasteiger partial charge on any atom is -0.490 e. The Morgan fingerprint density at radius 1 is 1.21 bits per heavy atom. The van der Waals surface area contributed by atoms with Crippen molar-refractivity contribution in [3.8, 4) is 5.75 Å². The summed E-state index contributed by atoms with van der Waals surface area (Å²) in [5, 5.41) is 3.04. The predicted octanol–water partition coefficient (Wildman–Crippen LogP) is 5.31. The minimum absolute atomic E-state index is 0.124. The van der Waals surface area contributed by atoms with E-state index < -0.39 is 5.41 Å². The molecule has 29 heavy (non-hydrogen) atoms. The zero-order valence-corrected chi connectivity index (χ0v) is 17.7. The van der Waals surface area contributed by atoms with Gasteiger partial charge in [0.05, 0.1) is 11.5 Å². The Morgan fingerprint density at radius 3 is 2.41 bits per heavy atom. The van der Waals surface area contributed by atoms with Crippen molar-refractivity contribution in [3.05, 3.63) is 58.9 Å². The molecule has 0 unspecified atom stereocenters. The topological polar surface area (TPSA) is 47.6 Å². The number of halogens is 1. The SMILES string of the molecule is CC[C@@H](C)Oc1c(C)cc(NC(=O)C2(c3ccccc3F)CCOCC2)cc1C. The third-order valence-corrected chi connectivity index (χ3v) is 5.78. The molecule has 1 atom stereocenters.